The van der Waals surface area contributed by atoms with Gasteiger partial charge < -0.3 is 29.1 Å². The van der Waals surface area contributed by atoms with Gasteiger partial charge in [-0.05, 0) is 70.6 Å². The molecular formula is C50H83NO11P+. The molecule has 0 aromatic heterocycles. The van der Waals surface area contributed by atoms with Crippen molar-refractivity contribution in [1.82, 2.24) is 0 Å². The van der Waals surface area contributed by atoms with Crippen LogP contribution < -0.4 is 0 Å². The number of likely N-dealkylation sites (N-methyl/N-ethyl adjacent to an activating group) is 1. The van der Waals surface area contributed by atoms with Crippen molar-refractivity contribution >= 4 is 25.5 Å². The number of phosphoric acid groups is 1. The second-order valence-corrected chi connectivity index (χ2v) is 18.7. The molecule has 0 aliphatic heterocycles. The highest BCUT2D eigenvalue weighted by Gasteiger charge is 2.39. The molecule has 3 N–H and O–H groups in total. The minimum atomic E-state index is -4.47. The smallest absolute Gasteiger partial charge is 0.462 e. The number of Topliss-reactive ketones (excluding diaryl/α,β-unsaturated/α-hetero) is 1. The van der Waals surface area contributed by atoms with Crippen molar-refractivity contribution in [2.24, 2.45) is 11.8 Å². The molecular weight excluding hydrogens is 822 g/mol. The lowest BCUT2D eigenvalue weighted by atomic mass is 9.90. The molecule has 63 heavy (non-hydrogen) atoms. The van der Waals surface area contributed by atoms with Gasteiger partial charge in [0.15, 0.2) is 6.10 Å². The minimum absolute atomic E-state index is 0.0289. The van der Waals surface area contributed by atoms with Crippen LogP contribution in [0.25, 0.3) is 0 Å². The largest absolute Gasteiger partial charge is 0.472 e. The van der Waals surface area contributed by atoms with Crippen LogP contribution in [0.3, 0.4) is 0 Å². The first kappa shape index (κ1) is 57.8. The van der Waals surface area contributed by atoms with Gasteiger partial charge in [0.05, 0.1) is 40.0 Å². The Hall–Kier alpha value is -3.22. The Morgan fingerprint density at radius 1 is 0.746 bits per heavy atom. The van der Waals surface area contributed by atoms with Gasteiger partial charge in [0.1, 0.15) is 25.5 Å². The lowest BCUT2D eigenvalue weighted by Crippen LogP contribution is -2.37. The molecule has 1 unspecified atom stereocenters. The van der Waals surface area contributed by atoms with Crippen molar-refractivity contribution in [2.75, 3.05) is 47.5 Å². The normalized spacial score (nSPS) is 19.6. The Labute approximate surface area is 380 Å². The van der Waals surface area contributed by atoms with Crippen LogP contribution in [0.2, 0.25) is 0 Å². The van der Waals surface area contributed by atoms with Gasteiger partial charge >= 0.3 is 19.8 Å². The van der Waals surface area contributed by atoms with Gasteiger partial charge in [0, 0.05) is 31.1 Å². The topological polar surface area (TPSA) is 166 Å². The molecule has 0 spiro atoms. The number of carbonyl (C=O) groups excluding carboxylic acids is 3. The van der Waals surface area contributed by atoms with E-state index in [1.165, 1.54) is 19.3 Å². The van der Waals surface area contributed by atoms with Gasteiger partial charge in [-0.3, -0.25) is 23.4 Å². The number of ether oxygens (including phenoxy) is 2. The molecule has 0 aromatic rings. The highest BCUT2D eigenvalue weighted by Crippen LogP contribution is 2.43. The number of phosphoric ester groups is 1. The lowest BCUT2D eigenvalue weighted by Gasteiger charge is -2.24. The van der Waals surface area contributed by atoms with Gasteiger partial charge in [-0.25, -0.2) is 4.57 Å². The van der Waals surface area contributed by atoms with Crippen LogP contribution in [0.1, 0.15) is 136 Å². The van der Waals surface area contributed by atoms with Crippen molar-refractivity contribution in [3.8, 4) is 0 Å². The van der Waals surface area contributed by atoms with E-state index in [0.717, 1.165) is 51.4 Å². The second-order valence-electron chi connectivity index (χ2n) is 17.2. The summed E-state index contributed by atoms with van der Waals surface area (Å²) in [6.45, 7) is 3.87. The Kier molecular flexibility index (Phi) is 33.1. The monoisotopic (exact) mass is 905 g/mol. The molecule has 12 nitrogen and oxygen atoms in total. The quantitative estimate of drug-likeness (QED) is 0.0179. The zero-order valence-corrected chi connectivity index (χ0v) is 40.1. The number of hydrogen-bond donors (Lipinski definition) is 3. The van der Waals surface area contributed by atoms with Crippen LogP contribution >= 0.6 is 7.82 Å². The number of allylic oxidation sites excluding steroid dienone is 13. The SMILES string of the molecule is CCCCC/C=C\C/C=C\C/C=C\C/C=C\C/C=C\CCC(=O)O[C@H](COC(=O)CCC/C=C\C[C@H]1[C@@H](O)CC(=O)[C@@H]1/C=C/[C@@H](O)CCCCC)COP(=O)(O)OCC[N+](C)(C)C. The number of ketones is 1. The molecule has 358 valence electrons. The summed E-state index contributed by atoms with van der Waals surface area (Å²) >= 11 is 0. The van der Waals surface area contributed by atoms with Crippen LogP contribution in [-0.2, 0) is 37.5 Å². The van der Waals surface area contributed by atoms with Gasteiger partial charge in [0.25, 0.3) is 0 Å². The molecule has 1 saturated carbocycles. The maximum absolute atomic E-state index is 12.7. The molecule has 1 aliphatic carbocycles. The lowest BCUT2D eigenvalue weighted by molar-refractivity contribution is -0.870. The summed E-state index contributed by atoms with van der Waals surface area (Å²) in [5.41, 5.74) is 0. The van der Waals surface area contributed by atoms with E-state index in [1.54, 1.807) is 12.2 Å². The molecule has 0 amide bonds. The molecule has 13 heteroatoms. The highest BCUT2D eigenvalue weighted by molar-refractivity contribution is 7.47. The Balaban J connectivity index is 2.54. The first-order valence-electron chi connectivity index (χ1n) is 23.4. The van der Waals surface area contributed by atoms with Crippen LogP contribution in [0.15, 0.2) is 85.1 Å². The van der Waals surface area contributed by atoms with E-state index in [1.807, 2.05) is 45.4 Å². The molecule has 1 aliphatic rings. The fourth-order valence-electron chi connectivity index (χ4n) is 6.51. The summed E-state index contributed by atoms with van der Waals surface area (Å²) in [7, 11) is 1.27. The number of quaternary nitrogens is 1. The number of rotatable bonds is 37. The van der Waals surface area contributed by atoms with E-state index in [4.69, 9.17) is 18.5 Å². The second kappa shape index (κ2) is 36.1. The number of esters is 2. The number of unbranched alkanes of at least 4 members (excludes halogenated alkanes) is 6. The fraction of sp³-hybridized carbons (Fsp3) is 0.660. The van der Waals surface area contributed by atoms with Crippen LogP contribution in [-0.4, -0.2) is 103 Å². The van der Waals surface area contributed by atoms with Crippen molar-refractivity contribution in [1.29, 1.82) is 0 Å². The van der Waals surface area contributed by atoms with E-state index in [9.17, 15) is 34.1 Å². The van der Waals surface area contributed by atoms with Crippen molar-refractivity contribution < 1.29 is 57.1 Å². The minimum Gasteiger partial charge on any atom is -0.462 e. The average Bonchev–Trinajstić information content (AvgIpc) is 3.50. The third-order valence-corrected chi connectivity index (χ3v) is 11.3. The van der Waals surface area contributed by atoms with Crippen LogP contribution in [0.5, 0.6) is 0 Å². The summed E-state index contributed by atoms with van der Waals surface area (Å²) < 4.78 is 34.2. The molecule has 1 rings (SSSR count). The molecule has 0 heterocycles. The van der Waals surface area contributed by atoms with E-state index in [-0.39, 0.29) is 44.2 Å². The molecule has 0 radical (unpaired) electrons. The Bertz CT molecular complexity index is 1510. The average molecular weight is 905 g/mol. The zero-order chi connectivity index (χ0) is 46.6. The number of hydrogen-bond acceptors (Lipinski definition) is 10. The van der Waals surface area contributed by atoms with Crippen molar-refractivity contribution in [2.45, 2.75) is 154 Å². The standard InChI is InChI=1S/C50H82NO11P/c1-6-8-10-11-12-13-14-15-16-17-18-19-20-21-22-23-24-25-31-35-50(56)62-44(42-61-63(57,58)60-39-38-51(3,4)5)41-59-49(55)34-30-27-26-29-33-45-46(48(54)40-47(45)53)37-36-43(52)32-28-9-7-2/h12-13,15-16,18-19,21-22,24-26,29,36-37,43-47,52-53H,6-11,14,17,20,23,27-28,30-35,38-42H2,1-5H3/p+1/b13-12-,16-15-,19-18-,22-21-,25-24-,29-26-,37-36+/t43-,44+,45+,46+,47-/m0/s1. The summed E-state index contributed by atoms with van der Waals surface area (Å²) in [4.78, 5) is 48.1. The molecule has 1 fully saturated rings. The number of nitrogens with zero attached hydrogens (tertiary/aromatic N) is 1. The maximum atomic E-state index is 12.7. The van der Waals surface area contributed by atoms with Crippen LogP contribution in [0, 0.1) is 11.8 Å². The number of aliphatic hydroxyl groups excluding tert-OH is 2. The van der Waals surface area contributed by atoms with Crippen molar-refractivity contribution in [3.63, 3.8) is 0 Å². The van der Waals surface area contributed by atoms with Gasteiger partial charge in [-0.15, -0.1) is 0 Å². The Morgan fingerprint density at radius 3 is 1.94 bits per heavy atom. The van der Waals surface area contributed by atoms with Gasteiger partial charge in [-0.2, -0.15) is 0 Å². The fourth-order valence-corrected chi connectivity index (χ4v) is 7.25. The number of aliphatic hydroxyl groups is 2. The van der Waals surface area contributed by atoms with Gasteiger partial charge in [-0.1, -0.05) is 131 Å². The molecule has 6 atom stereocenters. The zero-order valence-electron chi connectivity index (χ0n) is 39.2. The first-order chi connectivity index (χ1) is 30.2. The predicted molar refractivity (Wildman–Crippen MR) is 253 cm³/mol. The summed E-state index contributed by atoms with van der Waals surface area (Å²) in [6.07, 6.45) is 40.2. The van der Waals surface area contributed by atoms with E-state index >= 15 is 0 Å². The third-order valence-electron chi connectivity index (χ3n) is 10.3. The Morgan fingerprint density at radius 2 is 1.32 bits per heavy atom. The van der Waals surface area contributed by atoms with E-state index in [2.05, 4.69) is 62.5 Å². The molecule has 0 saturated heterocycles. The predicted octanol–water partition coefficient (Wildman–Crippen LogP) is 10.2. The first-order valence-corrected chi connectivity index (χ1v) is 24.9. The third kappa shape index (κ3) is 33.0. The maximum Gasteiger partial charge on any atom is 0.472 e. The van der Waals surface area contributed by atoms with Crippen molar-refractivity contribution in [3.05, 3.63) is 85.1 Å². The van der Waals surface area contributed by atoms with E-state index in [0.29, 0.717) is 43.1 Å². The summed E-state index contributed by atoms with van der Waals surface area (Å²) in [5, 5.41) is 20.8. The van der Waals surface area contributed by atoms with Crippen LogP contribution in [0.4, 0.5) is 0 Å². The number of carbonyl (C=O) groups is 3. The van der Waals surface area contributed by atoms with Gasteiger partial charge in [0.2, 0.25) is 0 Å². The summed E-state index contributed by atoms with van der Waals surface area (Å²) in [6, 6.07) is 0. The molecule has 0 aromatic carbocycles. The highest BCUT2D eigenvalue weighted by atomic mass is 31.2. The summed E-state index contributed by atoms with van der Waals surface area (Å²) in [5.74, 6) is -1.85. The molecule has 0 bridgehead atoms. The van der Waals surface area contributed by atoms with E-state index < -0.39 is 50.6 Å².